The van der Waals surface area contributed by atoms with Crippen molar-refractivity contribution in [1.29, 1.82) is 0 Å². The number of carbonyl (C=O) groups excluding carboxylic acids is 1. The summed E-state index contributed by atoms with van der Waals surface area (Å²) < 4.78 is 24.0. The number of hydrogen-bond donors (Lipinski definition) is 2. The van der Waals surface area contributed by atoms with Crippen LogP contribution in [0, 0.1) is 12.7 Å². The van der Waals surface area contributed by atoms with Gasteiger partial charge in [-0.1, -0.05) is 6.07 Å². The summed E-state index contributed by atoms with van der Waals surface area (Å²) in [4.78, 5) is 15.6. The highest BCUT2D eigenvalue weighted by molar-refractivity contribution is 5.90. The van der Waals surface area contributed by atoms with Gasteiger partial charge in [-0.2, -0.15) is 0 Å². The molecule has 1 aromatic heterocycles. The average Bonchev–Trinajstić information content (AvgIpc) is 2.94. The van der Waals surface area contributed by atoms with Crippen molar-refractivity contribution in [2.24, 2.45) is 0 Å². The number of halogens is 1. The molecule has 136 valence electrons. The average molecular weight is 356 g/mol. The van der Waals surface area contributed by atoms with Crippen LogP contribution in [0.25, 0.3) is 10.9 Å². The Morgan fingerprint density at radius 2 is 1.88 bits per heavy atom. The molecule has 3 rings (SSSR count). The molecule has 0 aliphatic rings. The molecule has 1 amide bonds. The molecule has 0 fully saturated rings. The third-order valence-corrected chi connectivity index (χ3v) is 4.36. The zero-order chi connectivity index (χ0) is 18.7. The van der Waals surface area contributed by atoms with Crippen LogP contribution in [-0.2, 0) is 17.8 Å². The standard InChI is InChI=1S/C20H21FN2O3/c1-12-15(16-9-14(21)5-6-17(16)23-12)10-20(24)22-11-13-4-7-18(25-2)19(8-13)26-3/h4-9,23H,10-11H2,1-3H3,(H,22,24). The number of hydrogen-bond acceptors (Lipinski definition) is 3. The number of methoxy groups -OCH3 is 2. The predicted molar refractivity (Wildman–Crippen MR) is 98.1 cm³/mol. The van der Waals surface area contributed by atoms with E-state index in [9.17, 15) is 9.18 Å². The molecule has 0 unspecified atom stereocenters. The van der Waals surface area contributed by atoms with Gasteiger partial charge >= 0.3 is 0 Å². The number of aromatic nitrogens is 1. The third kappa shape index (κ3) is 3.64. The van der Waals surface area contributed by atoms with E-state index in [1.807, 2.05) is 19.1 Å². The van der Waals surface area contributed by atoms with Crippen LogP contribution in [0.3, 0.4) is 0 Å². The van der Waals surface area contributed by atoms with E-state index < -0.39 is 0 Å². The Kier molecular flexibility index (Phi) is 5.11. The fourth-order valence-corrected chi connectivity index (χ4v) is 3.00. The molecule has 3 aromatic rings. The predicted octanol–water partition coefficient (Wildman–Crippen LogP) is 3.49. The number of carbonyl (C=O) groups is 1. The molecule has 1 heterocycles. The Hall–Kier alpha value is -3.02. The van der Waals surface area contributed by atoms with E-state index >= 15 is 0 Å². The molecule has 0 aliphatic heterocycles. The molecule has 0 bridgehead atoms. The fraction of sp³-hybridized carbons (Fsp3) is 0.250. The van der Waals surface area contributed by atoms with Crippen molar-refractivity contribution < 1.29 is 18.7 Å². The molecule has 2 aromatic carbocycles. The van der Waals surface area contributed by atoms with E-state index in [1.54, 1.807) is 26.4 Å². The summed E-state index contributed by atoms with van der Waals surface area (Å²) in [5.41, 5.74) is 3.40. The molecular weight excluding hydrogens is 335 g/mol. The second kappa shape index (κ2) is 7.47. The summed E-state index contributed by atoms with van der Waals surface area (Å²) in [5.74, 6) is 0.803. The Morgan fingerprint density at radius 3 is 2.62 bits per heavy atom. The van der Waals surface area contributed by atoms with Gasteiger partial charge in [-0.15, -0.1) is 0 Å². The number of rotatable bonds is 6. The van der Waals surface area contributed by atoms with Crippen molar-refractivity contribution in [3.05, 3.63) is 59.0 Å². The van der Waals surface area contributed by atoms with E-state index in [0.717, 1.165) is 27.7 Å². The third-order valence-electron chi connectivity index (χ3n) is 4.36. The van der Waals surface area contributed by atoms with Crippen LogP contribution in [0.2, 0.25) is 0 Å². The number of amides is 1. The first kappa shape index (κ1) is 17.8. The molecule has 0 saturated carbocycles. The van der Waals surface area contributed by atoms with Crippen LogP contribution in [0.5, 0.6) is 11.5 Å². The molecule has 0 aliphatic carbocycles. The molecule has 0 atom stereocenters. The zero-order valence-electron chi connectivity index (χ0n) is 15.0. The number of aromatic amines is 1. The van der Waals surface area contributed by atoms with Crippen LogP contribution >= 0.6 is 0 Å². The monoisotopic (exact) mass is 356 g/mol. The number of ether oxygens (including phenoxy) is 2. The second-order valence-electron chi connectivity index (χ2n) is 6.06. The zero-order valence-corrected chi connectivity index (χ0v) is 15.0. The number of benzene rings is 2. The molecule has 26 heavy (non-hydrogen) atoms. The number of fused-ring (bicyclic) bond motifs is 1. The highest BCUT2D eigenvalue weighted by Gasteiger charge is 2.13. The van der Waals surface area contributed by atoms with Gasteiger partial charge in [0.05, 0.1) is 20.6 Å². The minimum absolute atomic E-state index is 0.131. The Morgan fingerprint density at radius 1 is 1.12 bits per heavy atom. The Balaban J connectivity index is 1.70. The lowest BCUT2D eigenvalue weighted by Crippen LogP contribution is -2.24. The summed E-state index contributed by atoms with van der Waals surface area (Å²) >= 11 is 0. The van der Waals surface area contributed by atoms with E-state index in [-0.39, 0.29) is 18.1 Å². The maximum absolute atomic E-state index is 13.5. The van der Waals surface area contributed by atoms with E-state index in [4.69, 9.17) is 9.47 Å². The normalized spacial score (nSPS) is 10.8. The maximum atomic E-state index is 13.5. The molecule has 0 radical (unpaired) electrons. The minimum atomic E-state index is -0.316. The number of nitrogens with one attached hydrogen (secondary N) is 2. The first-order valence-electron chi connectivity index (χ1n) is 8.26. The van der Waals surface area contributed by atoms with Gasteiger partial charge in [0.1, 0.15) is 5.82 Å². The lowest BCUT2D eigenvalue weighted by Gasteiger charge is -2.10. The van der Waals surface area contributed by atoms with Gasteiger partial charge in [0.2, 0.25) is 5.91 Å². The summed E-state index contributed by atoms with van der Waals surface area (Å²) in [6, 6.07) is 10.0. The van der Waals surface area contributed by atoms with Crippen LogP contribution in [0.4, 0.5) is 4.39 Å². The van der Waals surface area contributed by atoms with Crippen LogP contribution in [-0.4, -0.2) is 25.1 Å². The molecule has 0 saturated heterocycles. The van der Waals surface area contributed by atoms with Crippen molar-refractivity contribution in [3.63, 3.8) is 0 Å². The van der Waals surface area contributed by atoms with Crippen LogP contribution in [0.15, 0.2) is 36.4 Å². The highest BCUT2D eigenvalue weighted by Crippen LogP contribution is 2.27. The summed E-state index contributed by atoms with van der Waals surface area (Å²) in [6.45, 7) is 2.25. The maximum Gasteiger partial charge on any atom is 0.224 e. The van der Waals surface area contributed by atoms with Crippen molar-refractivity contribution in [2.75, 3.05) is 14.2 Å². The van der Waals surface area contributed by atoms with Crippen LogP contribution in [0.1, 0.15) is 16.8 Å². The summed E-state index contributed by atoms with van der Waals surface area (Å²) in [7, 11) is 3.14. The molecule has 5 nitrogen and oxygen atoms in total. The summed E-state index contributed by atoms with van der Waals surface area (Å²) in [6.07, 6.45) is 0.183. The fourth-order valence-electron chi connectivity index (χ4n) is 3.00. The Labute approximate surface area is 151 Å². The SMILES string of the molecule is COc1ccc(CNC(=O)Cc2c(C)[nH]c3ccc(F)cc23)cc1OC. The summed E-state index contributed by atoms with van der Waals surface area (Å²) in [5, 5.41) is 3.63. The van der Waals surface area contributed by atoms with Gasteiger partial charge in [0, 0.05) is 23.1 Å². The highest BCUT2D eigenvalue weighted by atomic mass is 19.1. The van der Waals surface area contributed by atoms with Crippen LogP contribution < -0.4 is 14.8 Å². The largest absolute Gasteiger partial charge is 0.493 e. The van der Waals surface area contributed by atoms with Gasteiger partial charge in [-0.25, -0.2) is 4.39 Å². The first-order chi connectivity index (χ1) is 12.5. The van der Waals surface area contributed by atoms with E-state index in [0.29, 0.717) is 18.0 Å². The first-order valence-corrected chi connectivity index (χ1v) is 8.26. The van der Waals surface area contributed by atoms with E-state index in [1.165, 1.54) is 12.1 Å². The number of aryl methyl sites for hydroxylation is 1. The van der Waals surface area contributed by atoms with Crippen molar-refractivity contribution in [1.82, 2.24) is 10.3 Å². The quantitative estimate of drug-likeness (QED) is 0.711. The smallest absolute Gasteiger partial charge is 0.224 e. The second-order valence-corrected chi connectivity index (χ2v) is 6.06. The van der Waals surface area contributed by atoms with Crippen molar-refractivity contribution in [2.45, 2.75) is 19.9 Å². The van der Waals surface area contributed by atoms with Gasteiger partial charge in [-0.05, 0) is 48.4 Å². The minimum Gasteiger partial charge on any atom is -0.493 e. The van der Waals surface area contributed by atoms with Gasteiger partial charge in [0.15, 0.2) is 11.5 Å². The lowest BCUT2D eigenvalue weighted by atomic mass is 10.1. The molecule has 2 N–H and O–H groups in total. The molecule has 6 heteroatoms. The topological polar surface area (TPSA) is 63.3 Å². The van der Waals surface area contributed by atoms with Gasteiger partial charge in [0.25, 0.3) is 0 Å². The Bertz CT molecular complexity index is 950. The van der Waals surface area contributed by atoms with Crippen molar-refractivity contribution >= 4 is 16.8 Å². The van der Waals surface area contributed by atoms with E-state index in [2.05, 4.69) is 10.3 Å². The molecular formula is C20H21FN2O3. The van der Waals surface area contributed by atoms with Gasteiger partial charge in [-0.3, -0.25) is 4.79 Å². The van der Waals surface area contributed by atoms with Crippen molar-refractivity contribution in [3.8, 4) is 11.5 Å². The van der Waals surface area contributed by atoms with Gasteiger partial charge < -0.3 is 19.8 Å². The lowest BCUT2D eigenvalue weighted by molar-refractivity contribution is -0.120. The number of H-pyrrole nitrogens is 1. The molecule has 0 spiro atoms.